The highest BCUT2D eigenvalue weighted by molar-refractivity contribution is 5.91. The number of nitrogens with zero attached hydrogens (tertiary/aromatic N) is 2. The van der Waals surface area contributed by atoms with Gasteiger partial charge in [0.15, 0.2) is 0 Å². The second-order valence-electron chi connectivity index (χ2n) is 4.43. The summed E-state index contributed by atoms with van der Waals surface area (Å²) in [4.78, 5) is 15.6. The molecule has 0 amide bonds. The fourth-order valence-corrected chi connectivity index (χ4v) is 1.85. The van der Waals surface area contributed by atoms with Crippen LogP contribution >= 0.6 is 0 Å². The van der Waals surface area contributed by atoms with Gasteiger partial charge in [0.1, 0.15) is 17.6 Å². The minimum absolute atomic E-state index is 0.00717. The average molecular weight is 256 g/mol. The van der Waals surface area contributed by atoms with Gasteiger partial charge in [-0.25, -0.2) is 0 Å². The molecule has 1 atom stereocenters. The van der Waals surface area contributed by atoms with Crippen LogP contribution in [0, 0.1) is 0 Å². The molecule has 1 unspecified atom stereocenters. The monoisotopic (exact) mass is 256 g/mol. The van der Waals surface area contributed by atoms with Crippen molar-refractivity contribution in [1.29, 1.82) is 0 Å². The van der Waals surface area contributed by atoms with E-state index in [1.54, 1.807) is 13.2 Å². The molecule has 0 aliphatic heterocycles. The lowest BCUT2D eigenvalue weighted by Crippen LogP contribution is -2.04. The predicted octanol–water partition coefficient (Wildman–Crippen LogP) is 3.18. The Balaban J connectivity index is 2.05. The van der Waals surface area contributed by atoms with Gasteiger partial charge in [-0.1, -0.05) is 23.4 Å². The van der Waals surface area contributed by atoms with Gasteiger partial charge in [0.25, 0.3) is 0 Å². The molecular formula is C14H12N2O3. The number of benzene rings is 1. The van der Waals surface area contributed by atoms with Crippen molar-refractivity contribution >= 4 is 16.8 Å². The summed E-state index contributed by atoms with van der Waals surface area (Å²) in [5, 5.41) is 4.84. The molecule has 0 bridgehead atoms. The molecule has 3 rings (SSSR count). The summed E-state index contributed by atoms with van der Waals surface area (Å²) in [5.41, 5.74) is 1.53. The Morgan fingerprint density at radius 2 is 2.11 bits per heavy atom. The topological polar surface area (TPSA) is 69.1 Å². The van der Waals surface area contributed by atoms with E-state index in [0.717, 1.165) is 16.5 Å². The lowest BCUT2D eigenvalue weighted by molar-refractivity contribution is -0.118. The summed E-state index contributed by atoms with van der Waals surface area (Å²) >= 11 is 0. The largest absolute Gasteiger partial charge is 0.464 e. The average Bonchev–Trinajstić information content (AvgIpc) is 3.03. The van der Waals surface area contributed by atoms with E-state index in [2.05, 4.69) is 10.1 Å². The number of aromatic nitrogens is 2. The lowest BCUT2D eigenvalue weighted by atomic mass is 10.1. The highest BCUT2D eigenvalue weighted by atomic mass is 16.5. The summed E-state index contributed by atoms with van der Waals surface area (Å²) in [5.74, 6) is 0.368. The number of Topliss-reactive ketones (excluding diaryl/α,β-unsaturated/α-hetero) is 1. The second-order valence-corrected chi connectivity index (χ2v) is 4.43. The normalized spacial score (nSPS) is 12.7. The number of hydrogen-bond acceptors (Lipinski definition) is 5. The zero-order chi connectivity index (χ0) is 13.4. The number of hydrogen-bond donors (Lipinski definition) is 0. The van der Waals surface area contributed by atoms with Crippen molar-refractivity contribution < 1.29 is 13.7 Å². The van der Waals surface area contributed by atoms with Gasteiger partial charge < -0.3 is 8.94 Å². The van der Waals surface area contributed by atoms with Crippen LogP contribution in [-0.2, 0) is 4.79 Å². The van der Waals surface area contributed by atoms with Crippen molar-refractivity contribution in [2.45, 2.75) is 19.8 Å². The molecule has 3 aromatic rings. The molecule has 96 valence electrons. The molecule has 5 heteroatoms. The Morgan fingerprint density at radius 1 is 1.32 bits per heavy atom. The fourth-order valence-electron chi connectivity index (χ4n) is 1.85. The highest BCUT2D eigenvalue weighted by Crippen LogP contribution is 2.29. The molecule has 0 fully saturated rings. The summed E-state index contributed by atoms with van der Waals surface area (Å²) in [6.07, 6.45) is 1.59. The number of ketones is 1. The van der Waals surface area contributed by atoms with Crippen molar-refractivity contribution in [3.05, 3.63) is 36.4 Å². The van der Waals surface area contributed by atoms with Crippen LogP contribution in [0.4, 0.5) is 0 Å². The van der Waals surface area contributed by atoms with Crippen molar-refractivity contribution in [3.63, 3.8) is 0 Å². The summed E-state index contributed by atoms with van der Waals surface area (Å²) in [7, 11) is 0. The van der Waals surface area contributed by atoms with E-state index in [4.69, 9.17) is 8.94 Å². The van der Waals surface area contributed by atoms with Crippen LogP contribution in [0.15, 0.2) is 39.5 Å². The predicted molar refractivity (Wildman–Crippen MR) is 68.6 cm³/mol. The zero-order valence-electron chi connectivity index (χ0n) is 10.6. The zero-order valence-corrected chi connectivity index (χ0v) is 10.6. The third-order valence-corrected chi connectivity index (χ3v) is 3.14. The lowest BCUT2D eigenvalue weighted by Gasteiger charge is -1.97. The standard InChI is InChI=1S/C14H12N2O3/c1-8(9(2)17)14-15-13(16-19-14)11-7-18-12-6-4-3-5-10(11)12/h3-8H,1-2H3. The van der Waals surface area contributed by atoms with Crippen LogP contribution in [0.2, 0.25) is 0 Å². The SMILES string of the molecule is CC(=O)C(C)c1nc(-c2coc3ccccc23)no1. The molecule has 2 aromatic heterocycles. The Labute approximate surface area is 109 Å². The van der Waals surface area contributed by atoms with E-state index < -0.39 is 0 Å². The highest BCUT2D eigenvalue weighted by Gasteiger charge is 2.20. The number of carbonyl (C=O) groups is 1. The third kappa shape index (κ3) is 1.93. The molecule has 19 heavy (non-hydrogen) atoms. The van der Waals surface area contributed by atoms with Crippen molar-refractivity contribution in [2.75, 3.05) is 0 Å². The quantitative estimate of drug-likeness (QED) is 0.719. The fraction of sp³-hybridized carbons (Fsp3) is 0.214. The maximum absolute atomic E-state index is 11.3. The van der Waals surface area contributed by atoms with Crippen LogP contribution in [0.1, 0.15) is 25.7 Å². The van der Waals surface area contributed by atoms with E-state index in [9.17, 15) is 4.79 Å². The van der Waals surface area contributed by atoms with Crippen LogP contribution < -0.4 is 0 Å². The summed E-state index contributed by atoms with van der Waals surface area (Å²) in [6, 6.07) is 7.62. The molecule has 2 heterocycles. The van der Waals surface area contributed by atoms with Crippen molar-refractivity contribution in [2.24, 2.45) is 0 Å². The minimum atomic E-state index is -0.389. The molecule has 0 aliphatic rings. The van der Waals surface area contributed by atoms with Gasteiger partial charge in [-0.3, -0.25) is 4.79 Å². The Hall–Kier alpha value is -2.43. The molecule has 0 N–H and O–H groups in total. The Morgan fingerprint density at radius 3 is 2.89 bits per heavy atom. The summed E-state index contributed by atoms with van der Waals surface area (Å²) in [6.45, 7) is 3.24. The first-order chi connectivity index (χ1) is 9.16. The number of para-hydroxylation sites is 1. The molecule has 0 radical (unpaired) electrons. The van der Waals surface area contributed by atoms with Gasteiger partial charge in [-0.2, -0.15) is 4.98 Å². The van der Waals surface area contributed by atoms with Gasteiger partial charge in [0.05, 0.1) is 11.5 Å². The molecule has 5 nitrogen and oxygen atoms in total. The molecule has 0 spiro atoms. The molecule has 0 saturated carbocycles. The number of furan rings is 1. The van der Waals surface area contributed by atoms with Gasteiger partial charge in [0, 0.05) is 5.39 Å². The first-order valence-electron chi connectivity index (χ1n) is 5.97. The minimum Gasteiger partial charge on any atom is -0.464 e. The first kappa shape index (κ1) is 11.6. The number of rotatable bonds is 3. The third-order valence-electron chi connectivity index (χ3n) is 3.14. The Bertz CT molecular complexity index is 742. The van der Waals surface area contributed by atoms with E-state index >= 15 is 0 Å². The molecule has 0 aliphatic carbocycles. The van der Waals surface area contributed by atoms with E-state index in [1.807, 2.05) is 24.3 Å². The van der Waals surface area contributed by atoms with E-state index in [-0.39, 0.29) is 11.7 Å². The van der Waals surface area contributed by atoms with E-state index in [1.165, 1.54) is 6.92 Å². The maximum Gasteiger partial charge on any atom is 0.237 e. The van der Waals surface area contributed by atoms with Gasteiger partial charge >= 0.3 is 0 Å². The van der Waals surface area contributed by atoms with E-state index in [0.29, 0.717) is 11.7 Å². The van der Waals surface area contributed by atoms with Crippen LogP contribution in [0.5, 0.6) is 0 Å². The van der Waals surface area contributed by atoms with Gasteiger partial charge in [-0.15, -0.1) is 0 Å². The van der Waals surface area contributed by atoms with Gasteiger partial charge in [-0.05, 0) is 19.9 Å². The smallest absolute Gasteiger partial charge is 0.237 e. The molecule has 0 saturated heterocycles. The van der Waals surface area contributed by atoms with Crippen LogP contribution in [-0.4, -0.2) is 15.9 Å². The second kappa shape index (κ2) is 4.35. The van der Waals surface area contributed by atoms with Crippen molar-refractivity contribution in [3.8, 4) is 11.4 Å². The van der Waals surface area contributed by atoms with Crippen LogP contribution in [0.3, 0.4) is 0 Å². The van der Waals surface area contributed by atoms with Crippen molar-refractivity contribution in [1.82, 2.24) is 10.1 Å². The van der Waals surface area contributed by atoms with Gasteiger partial charge in [0.2, 0.25) is 11.7 Å². The van der Waals surface area contributed by atoms with Crippen LogP contribution in [0.25, 0.3) is 22.4 Å². The molecule has 1 aromatic carbocycles. The number of fused-ring (bicyclic) bond motifs is 1. The summed E-state index contributed by atoms with van der Waals surface area (Å²) < 4.78 is 10.6. The first-order valence-corrected chi connectivity index (χ1v) is 5.97. The Kier molecular flexibility index (Phi) is 2.67. The number of carbonyl (C=O) groups excluding carboxylic acids is 1. The molecular weight excluding hydrogens is 244 g/mol. The maximum atomic E-state index is 11.3.